The van der Waals surface area contributed by atoms with Gasteiger partial charge in [-0.25, -0.2) is 8.42 Å². The van der Waals surface area contributed by atoms with Gasteiger partial charge in [0.2, 0.25) is 15.9 Å². The van der Waals surface area contributed by atoms with Crippen molar-refractivity contribution in [2.45, 2.75) is 31.2 Å². The molecule has 8 heteroatoms. The second-order valence-electron chi connectivity index (χ2n) is 7.37. The minimum Gasteiger partial charge on any atom is -0.347 e. The highest BCUT2D eigenvalue weighted by Gasteiger charge is 2.24. The fraction of sp³-hybridized carbons (Fsp3) is 0.300. The molecule has 2 aromatic carbocycles. The second kappa shape index (κ2) is 8.53. The van der Waals surface area contributed by atoms with Gasteiger partial charge >= 0.3 is 0 Å². The first-order valence-corrected chi connectivity index (χ1v) is 10.2. The Balaban J connectivity index is 2.13. The minimum absolute atomic E-state index is 0.107. The van der Waals surface area contributed by atoms with E-state index < -0.39 is 21.5 Å². The lowest BCUT2D eigenvalue weighted by Crippen LogP contribution is -2.41. The molecule has 0 fully saturated rings. The zero-order valence-electron chi connectivity index (χ0n) is 16.4. The first-order chi connectivity index (χ1) is 13.0. The topological polar surface area (TPSA) is 95.6 Å². The standard InChI is InChI=1S/C20H25N3O4S/c1-20(2,3)22-19(25)16-12-8-9-13-17(16)21-18(24)14-23(4)28(26,27)15-10-6-5-7-11-15/h5-13H,14H2,1-4H3,(H,21,24)(H,22,25). The summed E-state index contributed by atoms with van der Waals surface area (Å²) in [4.78, 5) is 25.0. The summed E-state index contributed by atoms with van der Waals surface area (Å²) in [6.45, 7) is 5.19. The van der Waals surface area contributed by atoms with Crippen molar-refractivity contribution in [3.63, 3.8) is 0 Å². The van der Waals surface area contributed by atoms with Gasteiger partial charge in [-0.3, -0.25) is 9.59 Å². The highest BCUT2D eigenvalue weighted by molar-refractivity contribution is 7.89. The summed E-state index contributed by atoms with van der Waals surface area (Å²) >= 11 is 0. The van der Waals surface area contributed by atoms with E-state index in [1.165, 1.54) is 19.2 Å². The molecule has 2 N–H and O–H groups in total. The average molecular weight is 404 g/mol. The van der Waals surface area contributed by atoms with Crippen LogP contribution in [0.2, 0.25) is 0 Å². The number of likely N-dealkylation sites (N-methyl/N-ethyl adjacent to an activating group) is 1. The number of carbonyl (C=O) groups is 2. The molecular formula is C20H25N3O4S. The molecule has 0 heterocycles. The van der Waals surface area contributed by atoms with Crippen molar-refractivity contribution in [1.82, 2.24) is 9.62 Å². The third-order valence-electron chi connectivity index (χ3n) is 3.75. The number of amides is 2. The smallest absolute Gasteiger partial charge is 0.253 e. The number of nitrogens with one attached hydrogen (secondary N) is 2. The van der Waals surface area contributed by atoms with Crippen LogP contribution in [0.5, 0.6) is 0 Å². The molecule has 0 radical (unpaired) electrons. The zero-order chi connectivity index (χ0) is 20.9. The normalized spacial score (nSPS) is 11.9. The van der Waals surface area contributed by atoms with Crippen LogP contribution >= 0.6 is 0 Å². The van der Waals surface area contributed by atoms with Crippen LogP contribution in [-0.2, 0) is 14.8 Å². The Kier molecular flexibility index (Phi) is 6.58. The van der Waals surface area contributed by atoms with Crippen LogP contribution in [0.15, 0.2) is 59.5 Å². The Morgan fingerprint density at radius 3 is 2.14 bits per heavy atom. The maximum atomic E-state index is 12.5. The van der Waals surface area contributed by atoms with Crippen LogP contribution in [0.1, 0.15) is 31.1 Å². The number of carbonyl (C=O) groups excluding carboxylic acids is 2. The van der Waals surface area contributed by atoms with Crippen molar-refractivity contribution >= 4 is 27.5 Å². The predicted octanol–water partition coefficient (Wildman–Crippen LogP) is 2.47. The van der Waals surface area contributed by atoms with Gasteiger partial charge in [0.15, 0.2) is 0 Å². The van der Waals surface area contributed by atoms with Gasteiger partial charge in [-0.15, -0.1) is 0 Å². The van der Waals surface area contributed by atoms with Gasteiger partial charge in [-0.1, -0.05) is 30.3 Å². The monoisotopic (exact) mass is 403 g/mol. The van der Waals surface area contributed by atoms with E-state index in [-0.39, 0.29) is 17.3 Å². The molecule has 0 saturated heterocycles. The van der Waals surface area contributed by atoms with Crippen molar-refractivity contribution in [3.05, 3.63) is 60.2 Å². The molecule has 0 unspecified atom stereocenters. The van der Waals surface area contributed by atoms with Crippen molar-refractivity contribution in [2.75, 3.05) is 18.9 Å². The lowest BCUT2D eigenvalue weighted by molar-refractivity contribution is -0.116. The molecule has 2 aromatic rings. The summed E-state index contributed by atoms with van der Waals surface area (Å²) in [6.07, 6.45) is 0. The second-order valence-corrected chi connectivity index (χ2v) is 9.42. The summed E-state index contributed by atoms with van der Waals surface area (Å²) in [5.41, 5.74) is 0.192. The Morgan fingerprint density at radius 1 is 0.964 bits per heavy atom. The molecule has 0 aromatic heterocycles. The molecule has 28 heavy (non-hydrogen) atoms. The Labute approximate surface area is 165 Å². The van der Waals surface area contributed by atoms with Gasteiger partial charge in [0.1, 0.15) is 0 Å². The maximum absolute atomic E-state index is 12.5. The Bertz CT molecular complexity index is 951. The molecule has 2 amide bonds. The van der Waals surface area contributed by atoms with Crippen LogP contribution in [0.25, 0.3) is 0 Å². The first kappa shape index (κ1) is 21.6. The van der Waals surface area contributed by atoms with Gasteiger partial charge in [-0.05, 0) is 45.0 Å². The average Bonchev–Trinajstić information content (AvgIpc) is 2.61. The molecule has 2 rings (SSSR count). The summed E-state index contributed by atoms with van der Waals surface area (Å²) in [7, 11) is -2.45. The third-order valence-corrected chi connectivity index (χ3v) is 5.57. The molecule has 0 aliphatic rings. The van der Waals surface area contributed by atoms with Gasteiger partial charge < -0.3 is 10.6 Å². The fourth-order valence-electron chi connectivity index (χ4n) is 2.45. The van der Waals surface area contributed by atoms with Crippen molar-refractivity contribution in [2.24, 2.45) is 0 Å². The van der Waals surface area contributed by atoms with Crippen LogP contribution in [0, 0.1) is 0 Å². The number of para-hydroxylation sites is 1. The van der Waals surface area contributed by atoms with E-state index >= 15 is 0 Å². The molecule has 0 atom stereocenters. The van der Waals surface area contributed by atoms with E-state index in [0.29, 0.717) is 11.3 Å². The van der Waals surface area contributed by atoms with Crippen LogP contribution in [0.3, 0.4) is 0 Å². The number of hydrogen-bond acceptors (Lipinski definition) is 4. The van der Waals surface area contributed by atoms with Gasteiger partial charge in [0, 0.05) is 12.6 Å². The number of hydrogen-bond donors (Lipinski definition) is 2. The predicted molar refractivity (Wildman–Crippen MR) is 109 cm³/mol. The van der Waals surface area contributed by atoms with E-state index in [9.17, 15) is 18.0 Å². The third kappa shape index (κ3) is 5.64. The first-order valence-electron chi connectivity index (χ1n) is 8.73. The molecule has 0 aliphatic carbocycles. The molecule has 0 bridgehead atoms. The number of nitrogens with zero attached hydrogens (tertiary/aromatic N) is 1. The van der Waals surface area contributed by atoms with E-state index in [4.69, 9.17) is 0 Å². The molecule has 150 valence electrons. The molecule has 0 saturated carbocycles. The molecular weight excluding hydrogens is 378 g/mol. The Morgan fingerprint density at radius 2 is 1.54 bits per heavy atom. The van der Waals surface area contributed by atoms with E-state index in [1.807, 2.05) is 20.8 Å². The minimum atomic E-state index is -3.78. The van der Waals surface area contributed by atoms with Gasteiger partial charge in [0.05, 0.1) is 22.7 Å². The molecule has 0 aliphatic heterocycles. The SMILES string of the molecule is CN(CC(=O)Nc1ccccc1C(=O)NC(C)(C)C)S(=O)(=O)c1ccccc1. The molecule has 7 nitrogen and oxygen atoms in total. The lowest BCUT2D eigenvalue weighted by atomic mass is 10.1. The maximum Gasteiger partial charge on any atom is 0.253 e. The summed E-state index contributed by atoms with van der Waals surface area (Å²) in [6, 6.07) is 14.5. The summed E-state index contributed by atoms with van der Waals surface area (Å²) < 4.78 is 26.0. The van der Waals surface area contributed by atoms with E-state index in [2.05, 4.69) is 10.6 Å². The number of benzene rings is 2. The Hall–Kier alpha value is -2.71. The van der Waals surface area contributed by atoms with Crippen molar-refractivity contribution in [3.8, 4) is 0 Å². The van der Waals surface area contributed by atoms with E-state index in [1.54, 1.807) is 42.5 Å². The number of sulfonamides is 1. The summed E-state index contributed by atoms with van der Waals surface area (Å²) in [5.74, 6) is -0.869. The van der Waals surface area contributed by atoms with Crippen molar-refractivity contribution < 1.29 is 18.0 Å². The number of anilines is 1. The van der Waals surface area contributed by atoms with E-state index in [0.717, 1.165) is 4.31 Å². The van der Waals surface area contributed by atoms with Crippen LogP contribution < -0.4 is 10.6 Å². The van der Waals surface area contributed by atoms with Crippen LogP contribution in [0.4, 0.5) is 5.69 Å². The molecule has 0 spiro atoms. The lowest BCUT2D eigenvalue weighted by Gasteiger charge is -2.22. The van der Waals surface area contributed by atoms with Crippen LogP contribution in [-0.4, -0.2) is 43.7 Å². The highest BCUT2D eigenvalue weighted by Crippen LogP contribution is 2.17. The quantitative estimate of drug-likeness (QED) is 0.775. The summed E-state index contributed by atoms with van der Waals surface area (Å²) in [5, 5.41) is 5.46. The fourth-order valence-corrected chi connectivity index (χ4v) is 3.60. The van der Waals surface area contributed by atoms with Crippen molar-refractivity contribution in [1.29, 1.82) is 0 Å². The van der Waals surface area contributed by atoms with Gasteiger partial charge in [0.25, 0.3) is 5.91 Å². The highest BCUT2D eigenvalue weighted by atomic mass is 32.2. The van der Waals surface area contributed by atoms with Gasteiger partial charge in [-0.2, -0.15) is 4.31 Å². The number of rotatable bonds is 6. The largest absolute Gasteiger partial charge is 0.347 e. The zero-order valence-corrected chi connectivity index (χ0v) is 17.2.